The number of nitrogens with zero attached hydrogens (tertiary/aromatic N) is 2. The molecular weight excluding hydrogens is 448 g/mol. The van der Waals surface area contributed by atoms with Gasteiger partial charge in [-0.1, -0.05) is 55.5 Å². The van der Waals surface area contributed by atoms with E-state index in [4.69, 9.17) is 4.74 Å². The van der Waals surface area contributed by atoms with Crippen molar-refractivity contribution in [3.05, 3.63) is 71.4 Å². The summed E-state index contributed by atoms with van der Waals surface area (Å²) in [5.41, 5.74) is 4.61. The van der Waals surface area contributed by atoms with Crippen LogP contribution < -0.4 is 5.32 Å². The average Bonchev–Trinajstić information content (AvgIpc) is 3.44. The number of amides is 2. The van der Waals surface area contributed by atoms with E-state index in [0.29, 0.717) is 13.0 Å². The number of carboxylic acids is 1. The van der Waals surface area contributed by atoms with Gasteiger partial charge in [0, 0.05) is 18.5 Å². The van der Waals surface area contributed by atoms with Gasteiger partial charge in [-0.25, -0.2) is 9.59 Å². The normalized spacial score (nSPS) is 19.1. The van der Waals surface area contributed by atoms with Gasteiger partial charge >= 0.3 is 12.1 Å². The van der Waals surface area contributed by atoms with Crippen molar-refractivity contribution in [3.63, 3.8) is 0 Å². The van der Waals surface area contributed by atoms with E-state index in [0.717, 1.165) is 28.7 Å². The third-order valence-corrected chi connectivity index (χ3v) is 6.75. The number of carboxylic acid groups (broad SMARTS) is 1. The Morgan fingerprint density at radius 3 is 2.40 bits per heavy atom. The number of fused-ring (bicyclic) bond motifs is 3. The highest BCUT2D eigenvalue weighted by Crippen LogP contribution is 2.44. The third-order valence-electron chi connectivity index (χ3n) is 6.75. The molecule has 1 aliphatic heterocycles. The summed E-state index contributed by atoms with van der Waals surface area (Å²) < 4.78 is 5.52. The van der Waals surface area contributed by atoms with Crippen molar-refractivity contribution in [2.45, 2.75) is 31.7 Å². The second kappa shape index (κ2) is 9.25. The van der Waals surface area contributed by atoms with Gasteiger partial charge in [0.2, 0.25) is 0 Å². The Morgan fingerprint density at radius 2 is 1.74 bits per heavy atom. The zero-order valence-corrected chi connectivity index (χ0v) is 19.2. The van der Waals surface area contributed by atoms with Gasteiger partial charge in [-0.05, 0) is 41.0 Å². The van der Waals surface area contributed by atoms with Crippen LogP contribution in [-0.2, 0) is 9.53 Å². The van der Waals surface area contributed by atoms with Gasteiger partial charge < -0.3 is 14.7 Å². The van der Waals surface area contributed by atoms with E-state index in [1.165, 1.54) is 11.0 Å². The molecule has 3 aromatic rings. The molecular formula is C26H26N4O5. The van der Waals surface area contributed by atoms with E-state index < -0.39 is 24.0 Å². The Kier molecular flexibility index (Phi) is 5.98. The van der Waals surface area contributed by atoms with Crippen LogP contribution in [0.5, 0.6) is 0 Å². The van der Waals surface area contributed by atoms with E-state index >= 15 is 0 Å². The predicted octanol–water partition coefficient (Wildman–Crippen LogP) is 4.10. The van der Waals surface area contributed by atoms with Crippen LogP contribution in [0, 0.1) is 5.92 Å². The third kappa shape index (κ3) is 4.37. The van der Waals surface area contributed by atoms with Crippen molar-refractivity contribution < 1.29 is 24.2 Å². The SMILES string of the molecule is CC1CCC(C(=O)O)N(C(=O)c2cc(NC(=O)OCC3c4ccccc4-c4ccccc43)n[nH]2)C1. The quantitative estimate of drug-likeness (QED) is 0.511. The van der Waals surface area contributed by atoms with Gasteiger partial charge in [0.15, 0.2) is 5.82 Å². The van der Waals surface area contributed by atoms with E-state index in [9.17, 15) is 19.5 Å². The van der Waals surface area contributed by atoms with Gasteiger partial charge in [-0.15, -0.1) is 0 Å². The largest absolute Gasteiger partial charge is 0.480 e. The van der Waals surface area contributed by atoms with Crippen LogP contribution in [-0.4, -0.2) is 57.4 Å². The van der Waals surface area contributed by atoms with E-state index in [2.05, 4.69) is 27.6 Å². The summed E-state index contributed by atoms with van der Waals surface area (Å²) in [6.45, 7) is 2.49. The molecule has 2 aromatic carbocycles. The maximum atomic E-state index is 12.9. The minimum atomic E-state index is -1.03. The maximum Gasteiger partial charge on any atom is 0.412 e. The van der Waals surface area contributed by atoms with Crippen LogP contribution in [0.2, 0.25) is 0 Å². The number of aliphatic carboxylic acids is 1. The van der Waals surface area contributed by atoms with Crippen LogP contribution >= 0.6 is 0 Å². The molecule has 2 heterocycles. The molecule has 1 saturated heterocycles. The smallest absolute Gasteiger partial charge is 0.412 e. The topological polar surface area (TPSA) is 125 Å². The van der Waals surface area contributed by atoms with Crippen LogP contribution in [0.1, 0.15) is 47.3 Å². The summed E-state index contributed by atoms with van der Waals surface area (Å²) in [5, 5.41) is 18.6. The summed E-state index contributed by atoms with van der Waals surface area (Å²) in [6, 6.07) is 16.6. The molecule has 1 fully saturated rings. The number of carbonyl (C=O) groups is 3. The minimum Gasteiger partial charge on any atom is -0.480 e. The Morgan fingerprint density at radius 1 is 1.09 bits per heavy atom. The molecule has 35 heavy (non-hydrogen) atoms. The number of anilines is 1. The Balaban J connectivity index is 1.23. The van der Waals surface area contributed by atoms with Gasteiger partial charge in [0.1, 0.15) is 18.3 Å². The second-order valence-electron chi connectivity index (χ2n) is 9.11. The second-order valence-corrected chi connectivity index (χ2v) is 9.11. The molecule has 9 heteroatoms. The zero-order valence-electron chi connectivity index (χ0n) is 19.2. The summed E-state index contributed by atoms with van der Waals surface area (Å²) in [4.78, 5) is 38.4. The van der Waals surface area contributed by atoms with Gasteiger partial charge in [-0.2, -0.15) is 5.10 Å². The first-order valence-electron chi connectivity index (χ1n) is 11.6. The Hall–Kier alpha value is -4.14. The molecule has 0 spiro atoms. The maximum absolute atomic E-state index is 12.9. The van der Waals surface area contributed by atoms with Crippen molar-refractivity contribution in [3.8, 4) is 11.1 Å². The highest BCUT2D eigenvalue weighted by Gasteiger charge is 2.36. The lowest BCUT2D eigenvalue weighted by Gasteiger charge is -2.35. The number of aromatic nitrogens is 2. The monoisotopic (exact) mass is 474 g/mol. The number of rotatable bonds is 5. The van der Waals surface area contributed by atoms with E-state index in [1.54, 1.807) is 0 Å². The lowest BCUT2D eigenvalue weighted by molar-refractivity contribution is -0.143. The molecule has 2 amide bonds. The zero-order chi connectivity index (χ0) is 24.5. The highest BCUT2D eigenvalue weighted by atomic mass is 16.5. The molecule has 180 valence electrons. The molecule has 2 aliphatic rings. The fourth-order valence-electron chi connectivity index (χ4n) is 5.02. The highest BCUT2D eigenvalue weighted by molar-refractivity contribution is 5.96. The Labute approximate surface area is 202 Å². The number of hydrogen-bond acceptors (Lipinski definition) is 5. The molecule has 9 nitrogen and oxygen atoms in total. The molecule has 0 radical (unpaired) electrons. The molecule has 5 rings (SSSR count). The minimum absolute atomic E-state index is 0.0708. The van der Waals surface area contributed by atoms with Crippen molar-refractivity contribution in [2.24, 2.45) is 5.92 Å². The number of carbonyl (C=O) groups excluding carboxylic acids is 2. The molecule has 0 saturated carbocycles. The van der Waals surface area contributed by atoms with Gasteiger partial charge in [0.25, 0.3) is 5.91 Å². The average molecular weight is 475 g/mol. The fourth-order valence-corrected chi connectivity index (χ4v) is 5.02. The number of H-pyrrole nitrogens is 1. The fraction of sp³-hybridized carbons (Fsp3) is 0.308. The van der Waals surface area contributed by atoms with Crippen molar-refractivity contribution >= 4 is 23.8 Å². The molecule has 3 N–H and O–H groups in total. The first-order valence-corrected chi connectivity index (χ1v) is 11.6. The van der Waals surface area contributed by atoms with Gasteiger partial charge in [0.05, 0.1) is 0 Å². The number of hydrogen-bond donors (Lipinski definition) is 3. The summed E-state index contributed by atoms with van der Waals surface area (Å²) in [7, 11) is 0. The number of benzene rings is 2. The molecule has 2 atom stereocenters. The molecule has 1 aliphatic carbocycles. The standard InChI is InChI=1S/C26H26N4O5/c1-15-10-11-22(25(32)33)30(13-15)24(31)21-12-23(29-28-21)27-26(34)35-14-20-18-8-4-2-6-16(18)17-7-3-5-9-19(17)20/h2-9,12,15,20,22H,10-11,13-14H2,1H3,(H,32,33)(H2,27,28,29,34). The first-order chi connectivity index (χ1) is 16.9. The van der Waals surface area contributed by atoms with Crippen molar-refractivity contribution in [2.75, 3.05) is 18.5 Å². The van der Waals surface area contributed by atoms with E-state index in [-0.39, 0.29) is 30.0 Å². The van der Waals surface area contributed by atoms with Crippen molar-refractivity contribution in [1.29, 1.82) is 0 Å². The van der Waals surface area contributed by atoms with Crippen molar-refractivity contribution in [1.82, 2.24) is 15.1 Å². The molecule has 2 unspecified atom stereocenters. The number of piperidine rings is 1. The van der Waals surface area contributed by atoms with Crippen LogP contribution in [0.25, 0.3) is 11.1 Å². The predicted molar refractivity (Wildman–Crippen MR) is 128 cm³/mol. The number of ether oxygens (including phenoxy) is 1. The van der Waals surface area contributed by atoms with Crippen LogP contribution in [0.15, 0.2) is 54.6 Å². The van der Waals surface area contributed by atoms with Gasteiger partial charge in [-0.3, -0.25) is 15.2 Å². The van der Waals surface area contributed by atoms with Crippen LogP contribution in [0.3, 0.4) is 0 Å². The summed E-state index contributed by atoms with van der Waals surface area (Å²) in [5.74, 6) is -1.23. The summed E-state index contributed by atoms with van der Waals surface area (Å²) in [6.07, 6.45) is 0.465. The molecule has 0 bridgehead atoms. The van der Waals surface area contributed by atoms with E-state index in [1.807, 2.05) is 43.3 Å². The number of nitrogens with one attached hydrogen (secondary N) is 2. The number of likely N-dealkylation sites (tertiary alicyclic amines) is 1. The lowest BCUT2D eigenvalue weighted by atomic mass is 9.94. The first kappa shape index (κ1) is 22.6. The van der Waals surface area contributed by atoms with Crippen LogP contribution in [0.4, 0.5) is 10.6 Å². The Bertz CT molecular complexity index is 1240. The summed E-state index contributed by atoms with van der Waals surface area (Å²) >= 11 is 0. The molecule has 1 aromatic heterocycles. The number of aromatic amines is 1. The lowest BCUT2D eigenvalue weighted by Crippen LogP contribution is -2.50.